The van der Waals surface area contributed by atoms with Crippen LogP contribution in [0.5, 0.6) is 0 Å². The molecular formula is C16H20FN3. The van der Waals surface area contributed by atoms with Gasteiger partial charge in [-0.1, -0.05) is 32.0 Å². The zero-order valence-electron chi connectivity index (χ0n) is 12.3. The summed E-state index contributed by atoms with van der Waals surface area (Å²) in [6.07, 6.45) is 1.44. The number of halogens is 1. The summed E-state index contributed by atoms with van der Waals surface area (Å²) in [6, 6.07) is 8.69. The molecule has 20 heavy (non-hydrogen) atoms. The molecule has 0 atom stereocenters. The van der Waals surface area contributed by atoms with E-state index in [9.17, 15) is 4.39 Å². The lowest BCUT2D eigenvalue weighted by Gasteiger charge is -2.14. The van der Waals surface area contributed by atoms with E-state index in [4.69, 9.17) is 5.41 Å². The smallest absolute Gasteiger partial charge is 0.212 e. The number of para-hydroxylation sites is 1. The standard InChI is InChI=1S/C14H14FN3.C2H6/c1-9-4-3-5-12(10(2)16)14(9)18-11-6-7-13(15)17-8-11;1-2/h3-8,16,18H,1-2H3;1-2H3. The second kappa shape index (κ2) is 7.38. The van der Waals surface area contributed by atoms with Crippen LogP contribution in [0, 0.1) is 18.3 Å². The fourth-order valence-corrected chi connectivity index (χ4v) is 1.74. The van der Waals surface area contributed by atoms with Gasteiger partial charge in [0.2, 0.25) is 5.95 Å². The Morgan fingerprint density at radius 2 is 1.90 bits per heavy atom. The number of anilines is 2. The number of hydrogen-bond donors (Lipinski definition) is 2. The molecular weight excluding hydrogens is 253 g/mol. The molecule has 1 aromatic heterocycles. The average Bonchev–Trinajstić information content (AvgIpc) is 2.45. The molecule has 0 fully saturated rings. The number of rotatable bonds is 3. The minimum absolute atomic E-state index is 0.483. The van der Waals surface area contributed by atoms with Gasteiger partial charge in [-0.15, -0.1) is 0 Å². The van der Waals surface area contributed by atoms with E-state index < -0.39 is 5.95 Å². The van der Waals surface area contributed by atoms with Crippen LogP contribution in [0.25, 0.3) is 0 Å². The number of benzene rings is 1. The van der Waals surface area contributed by atoms with E-state index in [1.807, 2.05) is 39.0 Å². The molecule has 2 N–H and O–H groups in total. The lowest BCUT2D eigenvalue weighted by Crippen LogP contribution is -2.02. The van der Waals surface area contributed by atoms with Crippen LogP contribution in [0.3, 0.4) is 0 Å². The molecule has 4 heteroatoms. The number of hydrogen-bond acceptors (Lipinski definition) is 3. The molecule has 2 rings (SSSR count). The fraction of sp³-hybridized carbons (Fsp3) is 0.250. The van der Waals surface area contributed by atoms with Crippen molar-refractivity contribution in [3.05, 3.63) is 53.6 Å². The number of aromatic nitrogens is 1. The van der Waals surface area contributed by atoms with Gasteiger partial charge >= 0.3 is 0 Å². The maximum Gasteiger partial charge on any atom is 0.212 e. The molecule has 0 unspecified atom stereocenters. The second-order valence-electron chi connectivity index (χ2n) is 4.12. The largest absolute Gasteiger partial charge is 0.354 e. The van der Waals surface area contributed by atoms with Crippen LogP contribution in [-0.2, 0) is 0 Å². The van der Waals surface area contributed by atoms with Crippen LogP contribution in [0.15, 0.2) is 36.5 Å². The Labute approximate surface area is 119 Å². The van der Waals surface area contributed by atoms with E-state index in [2.05, 4.69) is 10.3 Å². The predicted molar refractivity (Wildman–Crippen MR) is 82.5 cm³/mol. The highest BCUT2D eigenvalue weighted by Crippen LogP contribution is 2.24. The monoisotopic (exact) mass is 273 g/mol. The Balaban J connectivity index is 0.000000956. The van der Waals surface area contributed by atoms with Crippen molar-refractivity contribution in [3.63, 3.8) is 0 Å². The lowest BCUT2D eigenvalue weighted by atomic mass is 10.0. The van der Waals surface area contributed by atoms with Gasteiger partial charge in [-0.05, 0) is 31.5 Å². The predicted octanol–water partition coefficient (Wildman–Crippen LogP) is 4.69. The number of aryl methyl sites for hydroxylation is 1. The van der Waals surface area contributed by atoms with Crippen molar-refractivity contribution in [2.75, 3.05) is 5.32 Å². The average molecular weight is 273 g/mol. The highest BCUT2D eigenvalue weighted by molar-refractivity contribution is 6.02. The van der Waals surface area contributed by atoms with E-state index in [1.54, 1.807) is 13.0 Å². The zero-order valence-corrected chi connectivity index (χ0v) is 12.3. The first-order valence-corrected chi connectivity index (χ1v) is 6.61. The molecule has 1 aromatic carbocycles. The minimum atomic E-state index is -0.506. The maximum absolute atomic E-state index is 12.7. The van der Waals surface area contributed by atoms with Crippen molar-refractivity contribution < 1.29 is 4.39 Å². The third kappa shape index (κ3) is 3.88. The Morgan fingerprint density at radius 3 is 2.45 bits per heavy atom. The molecule has 0 aliphatic heterocycles. The van der Waals surface area contributed by atoms with Gasteiger partial charge in [0, 0.05) is 11.3 Å². The van der Waals surface area contributed by atoms with Crippen molar-refractivity contribution in [2.45, 2.75) is 27.7 Å². The summed E-state index contributed by atoms with van der Waals surface area (Å²) in [5.41, 5.74) is 3.91. The van der Waals surface area contributed by atoms with Gasteiger partial charge in [-0.3, -0.25) is 0 Å². The Bertz CT molecular complexity index is 577. The summed E-state index contributed by atoms with van der Waals surface area (Å²) in [5, 5.41) is 10.9. The Hall–Kier alpha value is -2.23. The molecule has 0 amide bonds. The van der Waals surface area contributed by atoms with E-state index >= 15 is 0 Å². The van der Waals surface area contributed by atoms with Crippen molar-refractivity contribution in [2.24, 2.45) is 0 Å². The van der Waals surface area contributed by atoms with Gasteiger partial charge in [-0.2, -0.15) is 4.39 Å². The summed E-state index contributed by atoms with van der Waals surface area (Å²) in [4.78, 5) is 3.60. The molecule has 0 radical (unpaired) electrons. The molecule has 3 nitrogen and oxygen atoms in total. The number of nitrogens with one attached hydrogen (secondary N) is 2. The van der Waals surface area contributed by atoms with Gasteiger partial charge in [0.05, 0.1) is 17.6 Å². The molecule has 0 spiro atoms. The van der Waals surface area contributed by atoms with Crippen LogP contribution >= 0.6 is 0 Å². The molecule has 0 saturated carbocycles. The lowest BCUT2D eigenvalue weighted by molar-refractivity contribution is 0.584. The van der Waals surface area contributed by atoms with Gasteiger partial charge in [0.1, 0.15) is 0 Å². The molecule has 0 aliphatic carbocycles. The minimum Gasteiger partial charge on any atom is -0.354 e. The number of nitrogens with zero attached hydrogens (tertiary/aromatic N) is 1. The fourth-order valence-electron chi connectivity index (χ4n) is 1.74. The highest BCUT2D eigenvalue weighted by atomic mass is 19.1. The molecule has 1 heterocycles. The Kier molecular flexibility index (Phi) is 5.84. The quantitative estimate of drug-likeness (QED) is 0.629. The molecule has 0 saturated heterocycles. The summed E-state index contributed by atoms with van der Waals surface area (Å²) in [7, 11) is 0. The summed E-state index contributed by atoms with van der Waals surface area (Å²) >= 11 is 0. The van der Waals surface area contributed by atoms with E-state index in [-0.39, 0.29) is 0 Å². The van der Waals surface area contributed by atoms with Crippen LogP contribution in [0.4, 0.5) is 15.8 Å². The van der Waals surface area contributed by atoms with Gasteiger partial charge in [-0.25, -0.2) is 4.98 Å². The van der Waals surface area contributed by atoms with Gasteiger partial charge in [0.15, 0.2) is 0 Å². The molecule has 2 aromatic rings. The topological polar surface area (TPSA) is 48.8 Å². The second-order valence-corrected chi connectivity index (χ2v) is 4.12. The first-order valence-electron chi connectivity index (χ1n) is 6.61. The first-order chi connectivity index (χ1) is 9.58. The molecule has 0 bridgehead atoms. The SMILES string of the molecule is CC.CC(=N)c1cccc(C)c1Nc1ccc(F)nc1. The third-order valence-electron chi connectivity index (χ3n) is 2.67. The van der Waals surface area contributed by atoms with Crippen molar-refractivity contribution in [1.82, 2.24) is 4.98 Å². The van der Waals surface area contributed by atoms with E-state index in [0.717, 1.165) is 16.8 Å². The maximum atomic E-state index is 12.7. The summed E-state index contributed by atoms with van der Waals surface area (Å²) in [5.74, 6) is -0.506. The van der Waals surface area contributed by atoms with Crippen molar-refractivity contribution in [3.8, 4) is 0 Å². The normalized spacial score (nSPS) is 9.45. The van der Waals surface area contributed by atoms with Crippen molar-refractivity contribution in [1.29, 1.82) is 5.41 Å². The van der Waals surface area contributed by atoms with Crippen LogP contribution in [0.1, 0.15) is 31.9 Å². The van der Waals surface area contributed by atoms with Crippen LogP contribution in [-0.4, -0.2) is 10.7 Å². The third-order valence-corrected chi connectivity index (χ3v) is 2.67. The summed E-state index contributed by atoms with van der Waals surface area (Å²) < 4.78 is 12.7. The van der Waals surface area contributed by atoms with Crippen LogP contribution in [0.2, 0.25) is 0 Å². The number of pyridine rings is 1. The first kappa shape index (κ1) is 15.8. The Morgan fingerprint density at radius 1 is 1.20 bits per heavy atom. The van der Waals surface area contributed by atoms with E-state index in [1.165, 1.54) is 12.3 Å². The van der Waals surface area contributed by atoms with Gasteiger partial charge in [0.25, 0.3) is 0 Å². The zero-order chi connectivity index (χ0) is 15.1. The van der Waals surface area contributed by atoms with E-state index in [0.29, 0.717) is 11.4 Å². The molecule has 0 aliphatic rings. The van der Waals surface area contributed by atoms with Crippen molar-refractivity contribution >= 4 is 17.1 Å². The van der Waals surface area contributed by atoms with Gasteiger partial charge < -0.3 is 10.7 Å². The van der Waals surface area contributed by atoms with Crippen LogP contribution < -0.4 is 5.32 Å². The summed E-state index contributed by atoms with van der Waals surface area (Å²) in [6.45, 7) is 7.70. The molecule has 106 valence electrons. The highest BCUT2D eigenvalue weighted by Gasteiger charge is 2.07.